The fourth-order valence-electron chi connectivity index (χ4n) is 2.43. The van der Waals surface area contributed by atoms with Crippen LogP contribution in [0, 0.1) is 0 Å². The standard InChI is InChI=1S/C18H23BrN2/c1-14(12-15-8-10-17(19)11-9-15)20-18-7-5-4-6-16(18)13-21(2)3/h4-11,14,20H,12-13H2,1-3H3. The fourth-order valence-corrected chi connectivity index (χ4v) is 2.69. The van der Waals surface area contributed by atoms with E-state index in [2.05, 4.69) is 95.7 Å². The second-order valence-corrected chi connectivity index (χ2v) is 6.69. The first-order valence-electron chi connectivity index (χ1n) is 7.28. The summed E-state index contributed by atoms with van der Waals surface area (Å²) in [7, 11) is 4.20. The highest BCUT2D eigenvalue weighted by Gasteiger charge is 2.07. The van der Waals surface area contributed by atoms with Gasteiger partial charge < -0.3 is 10.2 Å². The number of rotatable bonds is 6. The molecule has 2 aromatic carbocycles. The van der Waals surface area contributed by atoms with Crippen LogP contribution in [0.3, 0.4) is 0 Å². The van der Waals surface area contributed by atoms with Gasteiger partial charge in [-0.15, -0.1) is 0 Å². The summed E-state index contributed by atoms with van der Waals surface area (Å²) in [6.45, 7) is 3.18. The second kappa shape index (κ2) is 7.62. The van der Waals surface area contributed by atoms with Crippen molar-refractivity contribution >= 4 is 21.6 Å². The molecule has 0 aliphatic heterocycles. The van der Waals surface area contributed by atoms with E-state index in [1.54, 1.807) is 0 Å². The monoisotopic (exact) mass is 346 g/mol. The number of nitrogens with zero attached hydrogens (tertiary/aromatic N) is 1. The third kappa shape index (κ3) is 5.18. The molecule has 1 atom stereocenters. The number of nitrogens with one attached hydrogen (secondary N) is 1. The third-order valence-electron chi connectivity index (χ3n) is 3.36. The van der Waals surface area contributed by atoms with Crippen LogP contribution < -0.4 is 5.32 Å². The lowest BCUT2D eigenvalue weighted by Gasteiger charge is -2.20. The van der Waals surface area contributed by atoms with Crippen LogP contribution in [-0.2, 0) is 13.0 Å². The molecule has 0 amide bonds. The Labute approximate surface area is 136 Å². The van der Waals surface area contributed by atoms with Crippen LogP contribution in [0.5, 0.6) is 0 Å². The summed E-state index contributed by atoms with van der Waals surface area (Å²) in [5.41, 5.74) is 3.92. The van der Waals surface area contributed by atoms with Gasteiger partial charge in [0.2, 0.25) is 0 Å². The van der Waals surface area contributed by atoms with E-state index in [4.69, 9.17) is 0 Å². The molecule has 0 bridgehead atoms. The molecule has 21 heavy (non-hydrogen) atoms. The van der Waals surface area contributed by atoms with E-state index in [0.29, 0.717) is 6.04 Å². The lowest BCUT2D eigenvalue weighted by molar-refractivity contribution is 0.403. The van der Waals surface area contributed by atoms with E-state index >= 15 is 0 Å². The first kappa shape index (κ1) is 16.1. The van der Waals surface area contributed by atoms with Crippen molar-refractivity contribution in [3.8, 4) is 0 Å². The number of halogens is 1. The largest absolute Gasteiger partial charge is 0.382 e. The summed E-state index contributed by atoms with van der Waals surface area (Å²) >= 11 is 3.48. The van der Waals surface area contributed by atoms with Gasteiger partial charge >= 0.3 is 0 Å². The summed E-state index contributed by atoms with van der Waals surface area (Å²) in [5, 5.41) is 3.64. The number of hydrogen-bond acceptors (Lipinski definition) is 2. The van der Waals surface area contributed by atoms with Crippen molar-refractivity contribution in [2.75, 3.05) is 19.4 Å². The van der Waals surface area contributed by atoms with Crippen molar-refractivity contribution in [3.05, 3.63) is 64.1 Å². The van der Waals surface area contributed by atoms with Gasteiger partial charge in [0.1, 0.15) is 0 Å². The highest BCUT2D eigenvalue weighted by Crippen LogP contribution is 2.19. The Balaban J connectivity index is 2.02. The zero-order valence-corrected chi connectivity index (χ0v) is 14.5. The summed E-state index contributed by atoms with van der Waals surface area (Å²) in [4.78, 5) is 2.19. The Morgan fingerprint density at radius 3 is 2.38 bits per heavy atom. The Morgan fingerprint density at radius 1 is 1.05 bits per heavy atom. The van der Waals surface area contributed by atoms with Gasteiger partial charge in [0.15, 0.2) is 0 Å². The van der Waals surface area contributed by atoms with E-state index < -0.39 is 0 Å². The zero-order valence-electron chi connectivity index (χ0n) is 12.9. The van der Waals surface area contributed by atoms with Gasteiger partial charge in [-0.3, -0.25) is 0 Å². The molecule has 2 nitrogen and oxygen atoms in total. The molecule has 0 aliphatic carbocycles. The normalized spacial score (nSPS) is 12.4. The smallest absolute Gasteiger partial charge is 0.0388 e. The van der Waals surface area contributed by atoms with Gasteiger partial charge in [-0.05, 0) is 56.8 Å². The van der Waals surface area contributed by atoms with E-state index in [9.17, 15) is 0 Å². The maximum atomic E-state index is 3.64. The summed E-state index contributed by atoms with van der Waals surface area (Å²) < 4.78 is 1.13. The summed E-state index contributed by atoms with van der Waals surface area (Å²) in [6.07, 6.45) is 1.02. The maximum Gasteiger partial charge on any atom is 0.0388 e. The molecule has 2 rings (SSSR count). The van der Waals surface area contributed by atoms with Gasteiger partial charge in [-0.2, -0.15) is 0 Å². The van der Waals surface area contributed by atoms with Crippen LogP contribution in [0.2, 0.25) is 0 Å². The molecule has 0 aromatic heterocycles. The van der Waals surface area contributed by atoms with Crippen molar-refractivity contribution in [3.63, 3.8) is 0 Å². The number of hydrogen-bond donors (Lipinski definition) is 1. The zero-order chi connectivity index (χ0) is 15.2. The van der Waals surface area contributed by atoms with Gasteiger partial charge in [0, 0.05) is 22.7 Å². The van der Waals surface area contributed by atoms with Gasteiger partial charge in [-0.25, -0.2) is 0 Å². The average molecular weight is 347 g/mol. The Morgan fingerprint density at radius 2 is 1.71 bits per heavy atom. The van der Waals surface area contributed by atoms with Crippen molar-refractivity contribution in [2.24, 2.45) is 0 Å². The first-order valence-corrected chi connectivity index (χ1v) is 8.07. The molecule has 0 spiro atoms. The molecule has 0 saturated heterocycles. The van der Waals surface area contributed by atoms with Crippen molar-refractivity contribution in [1.29, 1.82) is 0 Å². The lowest BCUT2D eigenvalue weighted by atomic mass is 10.1. The highest BCUT2D eigenvalue weighted by atomic mass is 79.9. The molecule has 0 fully saturated rings. The van der Waals surface area contributed by atoms with Crippen molar-refractivity contribution in [1.82, 2.24) is 4.90 Å². The van der Waals surface area contributed by atoms with Crippen LogP contribution in [-0.4, -0.2) is 25.0 Å². The quantitative estimate of drug-likeness (QED) is 0.824. The van der Waals surface area contributed by atoms with E-state index in [-0.39, 0.29) is 0 Å². The Bertz CT molecular complexity index is 564. The Kier molecular flexibility index (Phi) is 5.83. The molecule has 3 heteroatoms. The molecule has 1 N–H and O–H groups in total. The van der Waals surface area contributed by atoms with Crippen molar-refractivity contribution < 1.29 is 0 Å². The van der Waals surface area contributed by atoms with Crippen LogP contribution in [0.1, 0.15) is 18.1 Å². The topological polar surface area (TPSA) is 15.3 Å². The SMILES string of the molecule is CC(Cc1ccc(Br)cc1)Nc1ccccc1CN(C)C. The molecule has 0 heterocycles. The predicted molar refractivity (Wildman–Crippen MR) is 94.8 cm³/mol. The highest BCUT2D eigenvalue weighted by molar-refractivity contribution is 9.10. The van der Waals surface area contributed by atoms with E-state index in [0.717, 1.165) is 17.4 Å². The number of benzene rings is 2. The lowest BCUT2D eigenvalue weighted by Crippen LogP contribution is -2.20. The van der Waals surface area contributed by atoms with Crippen LogP contribution >= 0.6 is 15.9 Å². The maximum absolute atomic E-state index is 3.64. The first-order chi connectivity index (χ1) is 10.0. The van der Waals surface area contributed by atoms with Gasteiger partial charge in [-0.1, -0.05) is 46.3 Å². The number of anilines is 1. The van der Waals surface area contributed by atoms with Crippen molar-refractivity contribution in [2.45, 2.75) is 25.9 Å². The molecule has 0 aliphatic rings. The summed E-state index contributed by atoms with van der Waals surface area (Å²) in [6, 6.07) is 17.5. The second-order valence-electron chi connectivity index (χ2n) is 5.77. The molecule has 0 radical (unpaired) electrons. The van der Waals surface area contributed by atoms with Gasteiger partial charge in [0.25, 0.3) is 0 Å². The molecule has 0 saturated carbocycles. The summed E-state index contributed by atoms with van der Waals surface area (Å²) in [5.74, 6) is 0. The fraction of sp³-hybridized carbons (Fsp3) is 0.333. The number of para-hydroxylation sites is 1. The van der Waals surface area contributed by atoms with Crippen LogP contribution in [0.15, 0.2) is 53.0 Å². The van der Waals surface area contributed by atoms with E-state index in [1.807, 2.05) is 0 Å². The molecular formula is C18H23BrN2. The van der Waals surface area contributed by atoms with E-state index in [1.165, 1.54) is 16.8 Å². The molecule has 112 valence electrons. The molecule has 2 aromatic rings. The predicted octanol–water partition coefficient (Wildman–Crippen LogP) is 4.55. The third-order valence-corrected chi connectivity index (χ3v) is 3.89. The molecular weight excluding hydrogens is 324 g/mol. The average Bonchev–Trinajstić information content (AvgIpc) is 2.43. The minimum absolute atomic E-state index is 0.398. The minimum Gasteiger partial charge on any atom is -0.382 e. The Hall–Kier alpha value is -1.32. The van der Waals surface area contributed by atoms with Crippen LogP contribution in [0.25, 0.3) is 0 Å². The minimum atomic E-state index is 0.398. The van der Waals surface area contributed by atoms with Crippen LogP contribution in [0.4, 0.5) is 5.69 Å². The molecule has 1 unspecified atom stereocenters. The van der Waals surface area contributed by atoms with Gasteiger partial charge in [0.05, 0.1) is 0 Å².